The van der Waals surface area contributed by atoms with Crippen molar-refractivity contribution in [1.29, 1.82) is 0 Å². The molecule has 0 aromatic heterocycles. The molecule has 0 N–H and O–H groups in total. The standard InChI is InChI=1S/C23H22INO6S/c1-14(2)31-21(26)12-25-22(27)20(32-23(25)28)11-16-6-9-18(19(10-16)29-3)30-13-15-4-7-17(24)8-5-15/h4-11,14H,12-13H2,1-3H3/b20-11+. The zero-order valence-electron chi connectivity index (χ0n) is 17.8. The van der Waals surface area contributed by atoms with Gasteiger partial charge < -0.3 is 14.2 Å². The molecule has 1 aliphatic heterocycles. The van der Waals surface area contributed by atoms with Crippen LogP contribution in [-0.4, -0.2) is 41.8 Å². The van der Waals surface area contributed by atoms with E-state index in [-0.39, 0.29) is 11.0 Å². The minimum atomic E-state index is -0.625. The van der Waals surface area contributed by atoms with Gasteiger partial charge >= 0.3 is 5.97 Å². The van der Waals surface area contributed by atoms with E-state index in [0.717, 1.165) is 25.8 Å². The summed E-state index contributed by atoms with van der Waals surface area (Å²) < 4.78 is 17.5. The van der Waals surface area contributed by atoms with E-state index in [9.17, 15) is 14.4 Å². The Morgan fingerprint density at radius 2 is 1.84 bits per heavy atom. The van der Waals surface area contributed by atoms with Gasteiger partial charge in [0.2, 0.25) is 0 Å². The van der Waals surface area contributed by atoms with Crippen molar-refractivity contribution in [3.05, 3.63) is 62.1 Å². The third-order valence-electron chi connectivity index (χ3n) is 4.32. The molecule has 7 nitrogen and oxygen atoms in total. The molecule has 0 aliphatic carbocycles. The number of carbonyl (C=O) groups is 3. The number of imide groups is 1. The SMILES string of the molecule is COc1cc(/C=C2/SC(=O)N(CC(=O)OC(C)C)C2=O)ccc1OCc1ccc(I)cc1. The number of benzene rings is 2. The molecule has 2 aromatic rings. The fourth-order valence-corrected chi connectivity index (χ4v) is 4.05. The molecular formula is C23H22INO6S. The van der Waals surface area contributed by atoms with Crippen LogP contribution in [0.25, 0.3) is 6.08 Å². The summed E-state index contributed by atoms with van der Waals surface area (Å²) in [4.78, 5) is 37.7. The summed E-state index contributed by atoms with van der Waals surface area (Å²) in [5, 5.41) is -0.508. The normalized spacial score (nSPS) is 14.9. The lowest BCUT2D eigenvalue weighted by molar-refractivity contribution is -0.149. The number of halogens is 1. The Bertz CT molecular complexity index is 1050. The molecule has 1 fully saturated rings. The van der Waals surface area contributed by atoms with Crippen LogP contribution in [0.4, 0.5) is 4.79 Å². The largest absolute Gasteiger partial charge is 0.493 e. The first kappa shape index (κ1) is 24.1. The minimum Gasteiger partial charge on any atom is -0.493 e. The molecular weight excluding hydrogens is 545 g/mol. The van der Waals surface area contributed by atoms with Crippen LogP contribution in [-0.2, 0) is 20.9 Å². The maximum absolute atomic E-state index is 12.6. The van der Waals surface area contributed by atoms with Gasteiger partial charge in [0.25, 0.3) is 11.1 Å². The lowest BCUT2D eigenvalue weighted by Gasteiger charge is -2.13. The second-order valence-electron chi connectivity index (χ2n) is 7.13. The number of nitrogens with zero attached hydrogens (tertiary/aromatic N) is 1. The van der Waals surface area contributed by atoms with Crippen LogP contribution in [0.3, 0.4) is 0 Å². The van der Waals surface area contributed by atoms with Crippen LogP contribution < -0.4 is 9.47 Å². The minimum absolute atomic E-state index is 0.224. The molecule has 2 amide bonds. The van der Waals surface area contributed by atoms with Crippen molar-refractivity contribution >= 4 is 57.5 Å². The zero-order valence-corrected chi connectivity index (χ0v) is 20.8. The highest BCUT2D eigenvalue weighted by Gasteiger charge is 2.36. The van der Waals surface area contributed by atoms with E-state index < -0.39 is 23.7 Å². The van der Waals surface area contributed by atoms with Crippen LogP contribution in [0.15, 0.2) is 47.4 Å². The van der Waals surface area contributed by atoms with E-state index in [2.05, 4.69) is 22.6 Å². The average molecular weight is 567 g/mol. The highest BCUT2D eigenvalue weighted by molar-refractivity contribution is 14.1. The number of rotatable bonds is 8. The van der Waals surface area contributed by atoms with E-state index in [4.69, 9.17) is 14.2 Å². The Hall–Kier alpha value is -2.53. The second kappa shape index (κ2) is 10.9. The maximum atomic E-state index is 12.6. The van der Waals surface area contributed by atoms with Gasteiger partial charge in [-0.25, -0.2) is 0 Å². The average Bonchev–Trinajstić information content (AvgIpc) is 3.00. The monoisotopic (exact) mass is 567 g/mol. The van der Waals surface area contributed by atoms with Crippen molar-refractivity contribution in [2.24, 2.45) is 0 Å². The molecule has 1 saturated heterocycles. The Labute approximate surface area is 204 Å². The van der Waals surface area contributed by atoms with Crippen molar-refractivity contribution in [2.75, 3.05) is 13.7 Å². The number of esters is 1. The quantitative estimate of drug-likeness (QED) is 0.256. The molecule has 1 heterocycles. The number of thioether (sulfide) groups is 1. The lowest BCUT2D eigenvalue weighted by atomic mass is 10.1. The van der Waals surface area contributed by atoms with Gasteiger partial charge in [0.1, 0.15) is 13.2 Å². The summed E-state index contributed by atoms with van der Waals surface area (Å²) in [5.74, 6) is -0.0877. The molecule has 3 rings (SSSR count). The highest BCUT2D eigenvalue weighted by atomic mass is 127. The molecule has 0 bridgehead atoms. The summed E-state index contributed by atoms with van der Waals surface area (Å²) in [6.45, 7) is 3.38. The second-order valence-corrected chi connectivity index (χ2v) is 9.37. The van der Waals surface area contributed by atoms with Gasteiger partial charge in [-0.05, 0) is 89.7 Å². The Balaban J connectivity index is 1.71. The predicted molar refractivity (Wildman–Crippen MR) is 130 cm³/mol. The van der Waals surface area contributed by atoms with Gasteiger partial charge in [0.15, 0.2) is 11.5 Å². The van der Waals surface area contributed by atoms with Crippen LogP contribution >= 0.6 is 34.4 Å². The van der Waals surface area contributed by atoms with Gasteiger partial charge in [-0.3, -0.25) is 19.3 Å². The van der Waals surface area contributed by atoms with E-state index in [1.807, 2.05) is 24.3 Å². The Morgan fingerprint density at radius 1 is 1.12 bits per heavy atom. The van der Waals surface area contributed by atoms with Crippen molar-refractivity contribution in [1.82, 2.24) is 4.90 Å². The number of hydrogen-bond acceptors (Lipinski definition) is 7. The smallest absolute Gasteiger partial charge is 0.326 e. The van der Waals surface area contributed by atoms with Gasteiger partial charge in [0, 0.05) is 3.57 Å². The molecule has 32 heavy (non-hydrogen) atoms. The van der Waals surface area contributed by atoms with Crippen molar-refractivity contribution < 1.29 is 28.6 Å². The first-order valence-electron chi connectivity index (χ1n) is 9.77. The lowest BCUT2D eigenvalue weighted by Crippen LogP contribution is -2.35. The first-order chi connectivity index (χ1) is 15.3. The van der Waals surface area contributed by atoms with E-state index in [1.165, 1.54) is 7.11 Å². The van der Waals surface area contributed by atoms with Gasteiger partial charge in [-0.2, -0.15) is 0 Å². The highest BCUT2D eigenvalue weighted by Crippen LogP contribution is 2.34. The van der Waals surface area contributed by atoms with E-state index in [0.29, 0.717) is 23.7 Å². The third-order valence-corrected chi connectivity index (χ3v) is 5.95. The third kappa shape index (κ3) is 6.26. The first-order valence-corrected chi connectivity index (χ1v) is 11.7. The van der Waals surface area contributed by atoms with Gasteiger partial charge in [0.05, 0.1) is 18.1 Å². The molecule has 9 heteroatoms. The fourth-order valence-electron chi connectivity index (χ4n) is 2.85. The number of methoxy groups -OCH3 is 1. The summed E-state index contributed by atoms with van der Waals surface area (Å²) in [6, 6.07) is 13.3. The summed E-state index contributed by atoms with van der Waals surface area (Å²) >= 11 is 3.03. The van der Waals surface area contributed by atoms with Gasteiger partial charge in [-0.15, -0.1) is 0 Å². The molecule has 0 radical (unpaired) electrons. The zero-order chi connectivity index (χ0) is 23.3. The summed E-state index contributed by atoms with van der Waals surface area (Å²) in [5.41, 5.74) is 1.69. The summed E-state index contributed by atoms with van der Waals surface area (Å²) in [7, 11) is 1.53. The molecule has 0 atom stereocenters. The Morgan fingerprint density at radius 3 is 2.50 bits per heavy atom. The molecule has 0 spiro atoms. The maximum Gasteiger partial charge on any atom is 0.326 e. The summed E-state index contributed by atoms with van der Waals surface area (Å²) in [6.07, 6.45) is 1.27. The van der Waals surface area contributed by atoms with Crippen LogP contribution in [0.1, 0.15) is 25.0 Å². The number of ether oxygens (including phenoxy) is 3. The molecule has 2 aromatic carbocycles. The molecule has 168 valence electrons. The fraction of sp³-hybridized carbons (Fsp3) is 0.261. The molecule has 0 unspecified atom stereocenters. The molecule has 1 aliphatic rings. The Kier molecular flexibility index (Phi) is 8.19. The van der Waals surface area contributed by atoms with Gasteiger partial charge in [-0.1, -0.05) is 18.2 Å². The van der Waals surface area contributed by atoms with Crippen LogP contribution in [0, 0.1) is 3.57 Å². The van der Waals surface area contributed by atoms with Crippen molar-refractivity contribution in [3.63, 3.8) is 0 Å². The number of hydrogen-bond donors (Lipinski definition) is 0. The van der Waals surface area contributed by atoms with Crippen molar-refractivity contribution in [2.45, 2.75) is 26.6 Å². The molecule has 0 saturated carbocycles. The number of carbonyl (C=O) groups excluding carboxylic acids is 3. The van der Waals surface area contributed by atoms with Crippen LogP contribution in [0.5, 0.6) is 11.5 Å². The predicted octanol–water partition coefficient (Wildman–Crippen LogP) is 4.87. The topological polar surface area (TPSA) is 82.1 Å². The number of amides is 2. The van der Waals surface area contributed by atoms with E-state index >= 15 is 0 Å². The van der Waals surface area contributed by atoms with Crippen LogP contribution in [0.2, 0.25) is 0 Å². The van der Waals surface area contributed by atoms with E-state index in [1.54, 1.807) is 38.1 Å². The van der Waals surface area contributed by atoms with Crippen molar-refractivity contribution in [3.8, 4) is 11.5 Å².